The molecule has 0 aromatic carbocycles. The normalized spacial score (nSPS) is 12.1. The molecule has 3 nitrogen and oxygen atoms in total. The van der Waals surface area contributed by atoms with E-state index in [1.807, 2.05) is 0 Å². The molecule has 0 saturated heterocycles. The maximum Gasteiger partial charge on any atom is 0.434 e. The standard InChI is InChI=1S/C7H9F3N2O/c1-5-11-6(7(8,9)10)4-12(5)2-3-13/h4,13H,2-3H2,1H3. The lowest BCUT2D eigenvalue weighted by Crippen LogP contribution is -2.05. The molecule has 1 aromatic rings. The van der Waals surface area contributed by atoms with Crippen LogP contribution in [-0.4, -0.2) is 21.3 Å². The molecule has 0 unspecified atom stereocenters. The van der Waals surface area contributed by atoms with Gasteiger partial charge in [0.05, 0.1) is 6.61 Å². The minimum Gasteiger partial charge on any atom is -0.395 e. The highest BCUT2D eigenvalue weighted by Gasteiger charge is 2.34. The number of alkyl halides is 3. The van der Waals surface area contributed by atoms with E-state index in [-0.39, 0.29) is 19.0 Å². The second-order valence-corrected chi connectivity index (χ2v) is 2.59. The average Bonchev–Trinajstić information content (AvgIpc) is 2.32. The maximum absolute atomic E-state index is 12.1. The van der Waals surface area contributed by atoms with E-state index in [4.69, 9.17) is 5.11 Å². The molecule has 1 N–H and O–H groups in total. The molecule has 0 bridgehead atoms. The van der Waals surface area contributed by atoms with Crippen LogP contribution in [-0.2, 0) is 12.7 Å². The lowest BCUT2D eigenvalue weighted by molar-refractivity contribution is -0.141. The predicted molar refractivity (Wildman–Crippen MR) is 39.1 cm³/mol. The number of aliphatic hydroxyl groups is 1. The van der Waals surface area contributed by atoms with Gasteiger partial charge < -0.3 is 9.67 Å². The van der Waals surface area contributed by atoms with Gasteiger partial charge in [0.15, 0.2) is 5.69 Å². The molecule has 1 heterocycles. The first-order valence-electron chi connectivity index (χ1n) is 3.67. The Morgan fingerprint density at radius 1 is 1.54 bits per heavy atom. The number of hydrogen-bond donors (Lipinski definition) is 1. The Hall–Kier alpha value is -1.04. The molecule has 0 spiro atoms. The summed E-state index contributed by atoms with van der Waals surface area (Å²) in [4.78, 5) is 3.33. The van der Waals surface area contributed by atoms with Crippen LogP contribution >= 0.6 is 0 Å². The van der Waals surface area contributed by atoms with Gasteiger partial charge in [-0.25, -0.2) is 4.98 Å². The molecule has 0 saturated carbocycles. The molecule has 0 atom stereocenters. The van der Waals surface area contributed by atoms with E-state index in [9.17, 15) is 13.2 Å². The molecule has 13 heavy (non-hydrogen) atoms. The Balaban J connectivity index is 2.95. The lowest BCUT2D eigenvalue weighted by Gasteiger charge is -2.00. The minimum atomic E-state index is -4.41. The Kier molecular flexibility index (Phi) is 2.60. The first kappa shape index (κ1) is 10.0. The summed E-state index contributed by atoms with van der Waals surface area (Å²) >= 11 is 0. The molecule has 74 valence electrons. The van der Waals surface area contributed by atoms with Crippen LogP contribution in [0.3, 0.4) is 0 Å². The van der Waals surface area contributed by atoms with Crippen LogP contribution in [0.15, 0.2) is 6.20 Å². The third kappa shape index (κ3) is 2.21. The van der Waals surface area contributed by atoms with Crippen molar-refractivity contribution >= 4 is 0 Å². The van der Waals surface area contributed by atoms with E-state index in [1.165, 1.54) is 11.5 Å². The smallest absolute Gasteiger partial charge is 0.395 e. The molecular weight excluding hydrogens is 185 g/mol. The molecule has 6 heteroatoms. The van der Waals surface area contributed by atoms with Crippen LogP contribution < -0.4 is 0 Å². The number of rotatable bonds is 2. The van der Waals surface area contributed by atoms with Gasteiger partial charge in [-0.15, -0.1) is 0 Å². The van der Waals surface area contributed by atoms with Crippen molar-refractivity contribution in [1.82, 2.24) is 9.55 Å². The third-order valence-corrected chi connectivity index (χ3v) is 1.61. The maximum atomic E-state index is 12.1. The number of nitrogens with zero attached hydrogens (tertiary/aromatic N) is 2. The Morgan fingerprint density at radius 3 is 2.54 bits per heavy atom. The Bertz CT molecular complexity index is 292. The van der Waals surface area contributed by atoms with Crippen molar-refractivity contribution in [3.8, 4) is 0 Å². The quantitative estimate of drug-likeness (QED) is 0.768. The summed E-state index contributed by atoms with van der Waals surface area (Å²) in [6, 6.07) is 0. The zero-order chi connectivity index (χ0) is 10.1. The summed E-state index contributed by atoms with van der Waals surface area (Å²) in [6.07, 6.45) is -3.52. The van der Waals surface area contributed by atoms with Crippen LogP contribution in [0, 0.1) is 6.92 Å². The van der Waals surface area contributed by atoms with Gasteiger partial charge >= 0.3 is 6.18 Å². The van der Waals surface area contributed by atoms with E-state index in [0.717, 1.165) is 6.20 Å². The zero-order valence-electron chi connectivity index (χ0n) is 6.97. The number of aromatic nitrogens is 2. The fourth-order valence-corrected chi connectivity index (χ4v) is 0.979. The van der Waals surface area contributed by atoms with E-state index in [2.05, 4.69) is 4.98 Å². The van der Waals surface area contributed by atoms with Gasteiger partial charge in [0.2, 0.25) is 0 Å². The largest absolute Gasteiger partial charge is 0.434 e. The number of hydrogen-bond acceptors (Lipinski definition) is 2. The highest BCUT2D eigenvalue weighted by atomic mass is 19.4. The number of aliphatic hydroxyl groups excluding tert-OH is 1. The third-order valence-electron chi connectivity index (χ3n) is 1.61. The number of aryl methyl sites for hydroxylation is 1. The molecule has 0 aliphatic rings. The zero-order valence-corrected chi connectivity index (χ0v) is 6.97. The van der Waals surface area contributed by atoms with Crippen LogP contribution in [0.2, 0.25) is 0 Å². The molecule has 0 fully saturated rings. The summed E-state index contributed by atoms with van der Waals surface area (Å²) in [5, 5.41) is 8.53. The van der Waals surface area contributed by atoms with Gasteiger partial charge in [-0.1, -0.05) is 0 Å². The van der Waals surface area contributed by atoms with Gasteiger partial charge in [0.25, 0.3) is 0 Å². The fourth-order valence-electron chi connectivity index (χ4n) is 0.979. The van der Waals surface area contributed by atoms with Crippen molar-refractivity contribution in [2.24, 2.45) is 0 Å². The van der Waals surface area contributed by atoms with Gasteiger partial charge in [-0.05, 0) is 6.92 Å². The van der Waals surface area contributed by atoms with Crippen LogP contribution in [0.5, 0.6) is 0 Å². The highest BCUT2D eigenvalue weighted by molar-refractivity contribution is 5.06. The second kappa shape index (κ2) is 3.37. The van der Waals surface area contributed by atoms with E-state index in [1.54, 1.807) is 0 Å². The van der Waals surface area contributed by atoms with Gasteiger partial charge in [0, 0.05) is 12.7 Å². The van der Waals surface area contributed by atoms with E-state index >= 15 is 0 Å². The summed E-state index contributed by atoms with van der Waals surface area (Å²) in [6.45, 7) is 1.40. The monoisotopic (exact) mass is 194 g/mol. The Morgan fingerprint density at radius 2 is 2.15 bits per heavy atom. The van der Waals surface area contributed by atoms with Crippen molar-refractivity contribution in [1.29, 1.82) is 0 Å². The van der Waals surface area contributed by atoms with Crippen molar-refractivity contribution in [2.75, 3.05) is 6.61 Å². The molecule has 0 aliphatic carbocycles. The first-order valence-corrected chi connectivity index (χ1v) is 3.67. The summed E-state index contributed by atoms with van der Waals surface area (Å²) in [5.41, 5.74) is -0.918. The van der Waals surface area contributed by atoms with Crippen LogP contribution in [0.4, 0.5) is 13.2 Å². The van der Waals surface area contributed by atoms with Crippen LogP contribution in [0.25, 0.3) is 0 Å². The minimum absolute atomic E-state index is 0.134. The number of imidazole rings is 1. The Labute approximate surface area is 72.8 Å². The van der Waals surface area contributed by atoms with Crippen LogP contribution in [0.1, 0.15) is 11.5 Å². The first-order chi connectivity index (χ1) is 5.95. The van der Waals surface area contributed by atoms with E-state index in [0.29, 0.717) is 0 Å². The van der Waals surface area contributed by atoms with E-state index < -0.39 is 11.9 Å². The van der Waals surface area contributed by atoms with Crippen molar-refractivity contribution in [2.45, 2.75) is 19.6 Å². The lowest BCUT2D eigenvalue weighted by atomic mass is 10.5. The second-order valence-electron chi connectivity index (χ2n) is 2.59. The summed E-state index contributed by atoms with van der Waals surface area (Å²) < 4.78 is 37.5. The SMILES string of the molecule is Cc1nc(C(F)(F)F)cn1CCO. The van der Waals surface area contributed by atoms with Crippen molar-refractivity contribution in [3.05, 3.63) is 17.7 Å². The topological polar surface area (TPSA) is 38.0 Å². The average molecular weight is 194 g/mol. The molecule has 0 aliphatic heterocycles. The van der Waals surface area contributed by atoms with Gasteiger partial charge in [0.1, 0.15) is 5.82 Å². The molecule has 0 radical (unpaired) electrons. The molecule has 1 rings (SSSR count). The fraction of sp³-hybridized carbons (Fsp3) is 0.571. The van der Waals surface area contributed by atoms with Gasteiger partial charge in [-0.3, -0.25) is 0 Å². The molecular formula is C7H9F3N2O. The highest BCUT2D eigenvalue weighted by Crippen LogP contribution is 2.28. The van der Waals surface area contributed by atoms with Crippen molar-refractivity contribution in [3.63, 3.8) is 0 Å². The van der Waals surface area contributed by atoms with Gasteiger partial charge in [-0.2, -0.15) is 13.2 Å². The predicted octanol–water partition coefficient (Wildman–Crippen LogP) is 1.20. The molecule has 1 aromatic heterocycles. The summed E-state index contributed by atoms with van der Waals surface area (Å²) in [5.74, 6) is 0.251. The molecule has 0 amide bonds. The summed E-state index contributed by atoms with van der Waals surface area (Å²) in [7, 11) is 0. The number of halogens is 3. The van der Waals surface area contributed by atoms with Crippen molar-refractivity contribution < 1.29 is 18.3 Å².